The van der Waals surface area contributed by atoms with Gasteiger partial charge in [-0.2, -0.15) is 0 Å². The van der Waals surface area contributed by atoms with Crippen molar-refractivity contribution in [1.29, 1.82) is 0 Å². The molecule has 0 spiro atoms. The number of hydrogen-bond donors (Lipinski definition) is 0. The van der Waals surface area contributed by atoms with E-state index in [1.165, 1.54) is 141 Å². The molecule has 0 aromatic rings. The lowest BCUT2D eigenvalue weighted by Gasteiger charge is -2.18. The summed E-state index contributed by atoms with van der Waals surface area (Å²) in [5.74, 6) is 0.788. The van der Waals surface area contributed by atoms with Crippen LogP contribution in [-0.2, 0) is 28.6 Å². The monoisotopic (exact) mass is 751 g/mol. The Hall–Kier alpha value is -1.59. The van der Waals surface area contributed by atoms with Gasteiger partial charge in [0.15, 0.2) is 6.10 Å². The van der Waals surface area contributed by atoms with Gasteiger partial charge in [-0.1, -0.05) is 214 Å². The van der Waals surface area contributed by atoms with Gasteiger partial charge in [-0.3, -0.25) is 14.4 Å². The number of ether oxygens (including phenoxy) is 3. The van der Waals surface area contributed by atoms with Crippen LogP contribution in [0.2, 0.25) is 0 Å². The Morgan fingerprint density at radius 1 is 0.358 bits per heavy atom. The fourth-order valence-corrected chi connectivity index (χ4v) is 6.93. The van der Waals surface area contributed by atoms with Crippen molar-refractivity contribution >= 4 is 17.9 Å². The van der Waals surface area contributed by atoms with Gasteiger partial charge in [0.2, 0.25) is 0 Å². The number of carbonyl (C=O) groups excluding carboxylic acids is 3. The summed E-state index contributed by atoms with van der Waals surface area (Å²) < 4.78 is 16.7. The molecule has 0 radical (unpaired) electrons. The zero-order chi connectivity index (χ0) is 39.0. The SMILES string of the molecule is CCCCCCCCCC(=O)OC[C@H](COC(=O)CCCCCCCCCCCCCCC(C)C)OC(=O)CCCCCCCCCCCCC(C)C. The van der Waals surface area contributed by atoms with Crippen molar-refractivity contribution in [3.63, 3.8) is 0 Å². The molecule has 0 rings (SSSR count). The minimum atomic E-state index is -0.759. The first-order valence-corrected chi connectivity index (χ1v) is 23.2. The third-order valence-corrected chi connectivity index (χ3v) is 10.5. The van der Waals surface area contributed by atoms with Gasteiger partial charge in [0.25, 0.3) is 0 Å². The van der Waals surface area contributed by atoms with Crippen LogP contribution in [0.1, 0.15) is 253 Å². The quantitative estimate of drug-likeness (QED) is 0.0352. The summed E-state index contributed by atoms with van der Waals surface area (Å²) in [7, 11) is 0. The largest absolute Gasteiger partial charge is 0.462 e. The van der Waals surface area contributed by atoms with Crippen molar-refractivity contribution in [2.75, 3.05) is 13.2 Å². The highest BCUT2D eigenvalue weighted by Crippen LogP contribution is 2.17. The molecule has 314 valence electrons. The molecular weight excluding hydrogens is 661 g/mol. The van der Waals surface area contributed by atoms with Gasteiger partial charge >= 0.3 is 17.9 Å². The van der Waals surface area contributed by atoms with Crippen LogP contribution in [0.25, 0.3) is 0 Å². The predicted octanol–water partition coefficient (Wildman–Crippen LogP) is 14.6. The van der Waals surface area contributed by atoms with E-state index in [0.29, 0.717) is 19.3 Å². The predicted molar refractivity (Wildman–Crippen MR) is 224 cm³/mol. The maximum absolute atomic E-state index is 12.7. The maximum Gasteiger partial charge on any atom is 0.306 e. The van der Waals surface area contributed by atoms with Crippen molar-refractivity contribution in [2.24, 2.45) is 11.8 Å². The molecule has 0 amide bonds. The Labute approximate surface area is 329 Å². The van der Waals surface area contributed by atoms with Gasteiger partial charge in [0.05, 0.1) is 0 Å². The number of hydrogen-bond acceptors (Lipinski definition) is 6. The molecule has 53 heavy (non-hydrogen) atoms. The van der Waals surface area contributed by atoms with Crippen molar-refractivity contribution in [3.05, 3.63) is 0 Å². The number of unbranched alkanes of at least 4 members (excludes halogenated alkanes) is 26. The van der Waals surface area contributed by atoms with E-state index < -0.39 is 6.10 Å². The van der Waals surface area contributed by atoms with Gasteiger partial charge in [-0.15, -0.1) is 0 Å². The minimum Gasteiger partial charge on any atom is -0.462 e. The van der Waals surface area contributed by atoms with E-state index >= 15 is 0 Å². The Bertz CT molecular complexity index is 809. The van der Waals surface area contributed by atoms with Crippen molar-refractivity contribution < 1.29 is 28.6 Å². The van der Waals surface area contributed by atoms with E-state index in [9.17, 15) is 14.4 Å². The van der Waals surface area contributed by atoms with E-state index in [2.05, 4.69) is 34.6 Å². The molecule has 6 heteroatoms. The summed E-state index contributed by atoms with van der Waals surface area (Å²) in [6, 6.07) is 0. The second kappa shape index (κ2) is 40.1. The molecule has 0 aromatic heterocycles. The van der Waals surface area contributed by atoms with Gasteiger partial charge in [-0.05, 0) is 31.1 Å². The molecule has 0 aromatic carbocycles. The maximum atomic E-state index is 12.7. The first kappa shape index (κ1) is 51.4. The molecule has 0 aliphatic heterocycles. The lowest BCUT2D eigenvalue weighted by Crippen LogP contribution is -2.30. The van der Waals surface area contributed by atoms with E-state index in [1.807, 2.05) is 0 Å². The second-order valence-corrected chi connectivity index (χ2v) is 17.0. The Balaban J connectivity index is 4.25. The molecule has 0 aliphatic rings. The third kappa shape index (κ3) is 41.4. The highest BCUT2D eigenvalue weighted by Gasteiger charge is 2.19. The summed E-state index contributed by atoms with van der Waals surface area (Å²) in [4.78, 5) is 37.6. The highest BCUT2D eigenvalue weighted by atomic mass is 16.6. The van der Waals surface area contributed by atoms with E-state index in [1.54, 1.807) is 0 Å². The van der Waals surface area contributed by atoms with Crippen LogP contribution in [0.5, 0.6) is 0 Å². The van der Waals surface area contributed by atoms with E-state index in [-0.39, 0.29) is 31.1 Å². The fraction of sp³-hybridized carbons (Fsp3) is 0.936. The Kier molecular flexibility index (Phi) is 38.9. The first-order valence-electron chi connectivity index (χ1n) is 23.2. The summed E-state index contributed by atoms with van der Waals surface area (Å²) in [5.41, 5.74) is 0. The van der Waals surface area contributed by atoms with Crippen LogP contribution in [0, 0.1) is 11.8 Å². The molecule has 0 saturated heterocycles. The molecule has 0 N–H and O–H groups in total. The standard InChI is InChI=1S/C47H90O6/c1-6-7-8-9-20-27-32-37-45(48)51-40-44(53-47(50)39-34-29-24-19-15-14-17-22-26-31-36-43(4)5)41-52-46(49)38-33-28-23-18-13-11-10-12-16-21-25-30-35-42(2)3/h42-44H,6-41H2,1-5H3/t44-/m1/s1. The van der Waals surface area contributed by atoms with Crippen LogP contribution < -0.4 is 0 Å². The number of rotatable bonds is 41. The minimum absolute atomic E-state index is 0.0650. The number of esters is 3. The first-order chi connectivity index (χ1) is 25.7. The summed E-state index contributed by atoms with van der Waals surface area (Å²) >= 11 is 0. The number of carbonyl (C=O) groups is 3. The van der Waals surface area contributed by atoms with Crippen LogP contribution in [0.4, 0.5) is 0 Å². The molecule has 0 saturated carbocycles. The van der Waals surface area contributed by atoms with Crippen molar-refractivity contribution in [2.45, 2.75) is 259 Å². The van der Waals surface area contributed by atoms with Gasteiger partial charge in [0.1, 0.15) is 13.2 Å². The molecule has 0 aliphatic carbocycles. The van der Waals surface area contributed by atoms with Crippen molar-refractivity contribution in [3.8, 4) is 0 Å². The Morgan fingerprint density at radius 2 is 0.623 bits per heavy atom. The van der Waals surface area contributed by atoms with Crippen LogP contribution in [0.3, 0.4) is 0 Å². The van der Waals surface area contributed by atoms with E-state index in [4.69, 9.17) is 14.2 Å². The smallest absolute Gasteiger partial charge is 0.306 e. The molecule has 6 nitrogen and oxygen atoms in total. The third-order valence-electron chi connectivity index (χ3n) is 10.5. The molecule has 0 fully saturated rings. The highest BCUT2D eigenvalue weighted by molar-refractivity contribution is 5.71. The lowest BCUT2D eigenvalue weighted by atomic mass is 10.0. The molecule has 0 unspecified atom stereocenters. The topological polar surface area (TPSA) is 78.9 Å². The van der Waals surface area contributed by atoms with Crippen LogP contribution in [0.15, 0.2) is 0 Å². The molecule has 0 heterocycles. The zero-order valence-corrected chi connectivity index (χ0v) is 36.1. The molecular formula is C47H90O6. The van der Waals surface area contributed by atoms with E-state index in [0.717, 1.165) is 69.6 Å². The lowest BCUT2D eigenvalue weighted by molar-refractivity contribution is -0.167. The fourth-order valence-electron chi connectivity index (χ4n) is 6.93. The Morgan fingerprint density at radius 3 is 0.925 bits per heavy atom. The normalized spacial score (nSPS) is 12.1. The zero-order valence-electron chi connectivity index (χ0n) is 36.1. The van der Waals surface area contributed by atoms with Gasteiger partial charge in [0, 0.05) is 19.3 Å². The van der Waals surface area contributed by atoms with Crippen LogP contribution in [-0.4, -0.2) is 37.2 Å². The molecule has 1 atom stereocenters. The summed E-state index contributed by atoms with van der Waals surface area (Å²) in [5, 5.41) is 0. The molecule has 0 bridgehead atoms. The van der Waals surface area contributed by atoms with Gasteiger partial charge in [-0.25, -0.2) is 0 Å². The second-order valence-electron chi connectivity index (χ2n) is 17.0. The van der Waals surface area contributed by atoms with Gasteiger partial charge < -0.3 is 14.2 Å². The van der Waals surface area contributed by atoms with Crippen LogP contribution >= 0.6 is 0 Å². The van der Waals surface area contributed by atoms with Crippen molar-refractivity contribution in [1.82, 2.24) is 0 Å². The summed E-state index contributed by atoms with van der Waals surface area (Å²) in [6.45, 7) is 11.3. The summed E-state index contributed by atoms with van der Waals surface area (Å²) in [6.07, 6.45) is 38.1. The average Bonchev–Trinajstić information content (AvgIpc) is 3.12. The average molecular weight is 751 g/mol.